The number of likely N-dealkylation sites (N-methyl/N-ethyl adjacent to an activating group) is 1. The Bertz CT molecular complexity index is 477. The van der Waals surface area contributed by atoms with Crippen molar-refractivity contribution < 1.29 is 4.74 Å². The number of hydrogen-bond acceptors (Lipinski definition) is 4. The lowest BCUT2D eigenvalue weighted by atomic mass is 10.2. The second-order valence-corrected chi connectivity index (χ2v) is 4.39. The molecule has 0 amide bonds. The Balaban J connectivity index is 2.04. The standard InChI is InChI=1S/C14H20N4O/c1-3-7-13(10-15-2)19-14-16-11-18(17-14)12-8-5-4-6-9-12/h4-6,8-9,11,13,15H,3,7,10H2,1-2H3. The third kappa shape index (κ3) is 3.79. The first kappa shape index (κ1) is 13.5. The van der Waals surface area contributed by atoms with Crippen LogP contribution in [0.1, 0.15) is 19.8 Å². The van der Waals surface area contributed by atoms with Crippen molar-refractivity contribution in [2.45, 2.75) is 25.9 Å². The fraction of sp³-hybridized carbons (Fsp3) is 0.429. The summed E-state index contributed by atoms with van der Waals surface area (Å²) in [6.07, 6.45) is 3.85. The van der Waals surface area contributed by atoms with Crippen molar-refractivity contribution in [3.63, 3.8) is 0 Å². The molecule has 0 bridgehead atoms. The van der Waals surface area contributed by atoms with Crippen LogP contribution in [-0.2, 0) is 0 Å². The Hall–Kier alpha value is -1.88. The lowest BCUT2D eigenvalue weighted by Crippen LogP contribution is -2.29. The molecule has 0 saturated heterocycles. The van der Waals surface area contributed by atoms with E-state index in [1.807, 2.05) is 37.4 Å². The van der Waals surface area contributed by atoms with E-state index in [2.05, 4.69) is 22.3 Å². The first-order chi connectivity index (χ1) is 9.33. The van der Waals surface area contributed by atoms with E-state index >= 15 is 0 Å². The molecule has 1 N–H and O–H groups in total. The van der Waals surface area contributed by atoms with Gasteiger partial charge in [-0.25, -0.2) is 4.68 Å². The third-order valence-corrected chi connectivity index (χ3v) is 2.81. The van der Waals surface area contributed by atoms with E-state index in [1.54, 1.807) is 11.0 Å². The first-order valence-electron chi connectivity index (χ1n) is 6.61. The summed E-state index contributed by atoms with van der Waals surface area (Å²) in [5.41, 5.74) is 0.977. The van der Waals surface area contributed by atoms with Crippen molar-refractivity contribution >= 4 is 0 Å². The molecule has 1 unspecified atom stereocenters. The average molecular weight is 260 g/mol. The Labute approximate surface area is 113 Å². The van der Waals surface area contributed by atoms with Crippen LogP contribution < -0.4 is 10.1 Å². The molecule has 0 aliphatic heterocycles. The summed E-state index contributed by atoms with van der Waals surface area (Å²) >= 11 is 0. The molecule has 19 heavy (non-hydrogen) atoms. The normalized spacial score (nSPS) is 12.3. The molecule has 0 aliphatic carbocycles. The first-order valence-corrected chi connectivity index (χ1v) is 6.61. The van der Waals surface area contributed by atoms with Crippen LogP contribution in [0.2, 0.25) is 0 Å². The highest BCUT2D eigenvalue weighted by Gasteiger charge is 2.11. The van der Waals surface area contributed by atoms with Gasteiger partial charge < -0.3 is 10.1 Å². The van der Waals surface area contributed by atoms with Crippen molar-refractivity contribution in [2.75, 3.05) is 13.6 Å². The van der Waals surface area contributed by atoms with Crippen LogP contribution in [0, 0.1) is 0 Å². The third-order valence-electron chi connectivity index (χ3n) is 2.81. The van der Waals surface area contributed by atoms with E-state index in [4.69, 9.17) is 4.74 Å². The van der Waals surface area contributed by atoms with Gasteiger partial charge in [0.2, 0.25) is 0 Å². The van der Waals surface area contributed by atoms with Gasteiger partial charge in [0.1, 0.15) is 12.4 Å². The van der Waals surface area contributed by atoms with Crippen molar-refractivity contribution in [1.29, 1.82) is 0 Å². The number of aromatic nitrogens is 3. The van der Waals surface area contributed by atoms with E-state index in [9.17, 15) is 0 Å². The summed E-state index contributed by atoms with van der Waals surface area (Å²) < 4.78 is 7.51. The van der Waals surface area contributed by atoms with Crippen LogP contribution in [0.4, 0.5) is 0 Å². The highest BCUT2D eigenvalue weighted by molar-refractivity contribution is 5.29. The van der Waals surface area contributed by atoms with Gasteiger partial charge in [0.05, 0.1) is 5.69 Å². The Kier molecular flexibility index (Phi) is 4.92. The van der Waals surface area contributed by atoms with Gasteiger partial charge in [-0.1, -0.05) is 31.5 Å². The minimum Gasteiger partial charge on any atom is -0.458 e. The van der Waals surface area contributed by atoms with Gasteiger partial charge in [0.15, 0.2) is 0 Å². The number of nitrogens with zero attached hydrogens (tertiary/aromatic N) is 3. The van der Waals surface area contributed by atoms with Crippen LogP contribution in [-0.4, -0.2) is 34.5 Å². The van der Waals surface area contributed by atoms with Crippen LogP contribution in [0.25, 0.3) is 5.69 Å². The van der Waals surface area contributed by atoms with Gasteiger partial charge >= 0.3 is 6.01 Å². The summed E-state index contributed by atoms with van der Waals surface area (Å²) in [6.45, 7) is 2.94. The Morgan fingerprint density at radius 3 is 2.79 bits per heavy atom. The zero-order valence-corrected chi connectivity index (χ0v) is 11.4. The lowest BCUT2D eigenvalue weighted by Gasteiger charge is -2.15. The molecule has 1 aromatic heterocycles. The average Bonchev–Trinajstić information content (AvgIpc) is 2.89. The van der Waals surface area contributed by atoms with Crippen molar-refractivity contribution in [2.24, 2.45) is 0 Å². The molecule has 102 valence electrons. The van der Waals surface area contributed by atoms with Crippen LogP contribution in [0.5, 0.6) is 6.01 Å². The maximum atomic E-state index is 5.79. The predicted molar refractivity (Wildman–Crippen MR) is 74.6 cm³/mol. The fourth-order valence-corrected chi connectivity index (χ4v) is 1.91. The van der Waals surface area contributed by atoms with Gasteiger partial charge in [0, 0.05) is 6.54 Å². The van der Waals surface area contributed by atoms with Gasteiger partial charge in [0.25, 0.3) is 0 Å². The quantitative estimate of drug-likeness (QED) is 0.827. The second kappa shape index (κ2) is 6.89. The smallest absolute Gasteiger partial charge is 0.336 e. The molecular weight excluding hydrogens is 240 g/mol. The highest BCUT2D eigenvalue weighted by atomic mass is 16.5. The maximum absolute atomic E-state index is 5.79. The van der Waals surface area contributed by atoms with E-state index < -0.39 is 0 Å². The topological polar surface area (TPSA) is 52.0 Å². The number of para-hydroxylation sites is 1. The van der Waals surface area contributed by atoms with Crippen LogP contribution in [0.15, 0.2) is 36.7 Å². The molecule has 2 rings (SSSR count). The molecule has 2 aromatic rings. The minimum atomic E-state index is 0.113. The summed E-state index contributed by atoms with van der Waals surface area (Å²) in [5.74, 6) is 0. The molecule has 0 saturated carbocycles. The fourth-order valence-electron chi connectivity index (χ4n) is 1.91. The highest BCUT2D eigenvalue weighted by Crippen LogP contribution is 2.11. The summed E-state index contributed by atoms with van der Waals surface area (Å²) in [5, 5.41) is 7.46. The van der Waals surface area contributed by atoms with E-state index in [-0.39, 0.29) is 6.10 Å². The number of hydrogen-bond donors (Lipinski definition) is 1. The summed E-state index contributed by atoms with van der Waals surface area (Å²) in [6, 6.07) is 10.3. The maximum Gasteiger partial charge on any atom is 0.336 e. The zero-order valence-electron chi connectivity index (χ0n) is 11.4. The van der Waals surface area contributed by atoms with Crippen LogP contribution in [0.3, 0.4) is 0 Å². The molecule has 1 atom stereocenters. The number of nitrogens with one attached hydrogen (secondary N) is 1. The van der Waals surface area contributed by atoms with Gasteiger partial charge in [-0.05, 0) is 25.6 Å². The zero-order chi connectivity index (χ0) is 13.5. The second-order valence-electron chi connectivity index (χ2n) is 4.39. The van der Waals surface area contributed by atoms with Crippen molar-refractivity contribution in [3.8, 4) is 11.7 Å². The Morgan fingerprint density at radius 2 is 2.11 bits per heavy atom. The molecule has 5 heteroatoms. The lowest BCUT2D eigenvalue weighted by molar-refractivity contribution is 0.174. The van der Waals surface area contributed by atoms with Crippen LogP contribution >= 0.6 is 0 Å². The Morgan fingerprint density at radius 1 is 1.32 bits per heavy atom. The minimum absolute atomic E-state index is 0.113. The van der Waals surface area contributed by atoms with Gasteiger partial charge in [-0.3, -0.25) is 0 Å². The molecule has 1 aromatic carbocycles. The van der Waals surface area contributed by atoms with Crippen molar-refractivity contribution in [1.82, 2.24) is 20.1 Å². The summed E-state index contributed by atoms with van der Waals surface area (Å²) in [7, 11) is 1.92. The molecule has 0 fully saturated rings. The largest absolute Gasteiger partial charge is 0.458 e. The number of rotatable bonds is 7. The molecule has 0 aliphatic rings. The molecule has 5 nitrogen and oxygen atoms in total. The van der Waals surface area contributed by atoms with Gasteiger partial charge in [-0.2, -0.15) is 4.98 Å². The number of ether oxygens (including phenoxy) is 1. The molecular formula is C14H20N4O. The number of benzene rings is 1. The predicted octanol–water partition coefficient (Wildman–Crippen LogP) is 2.03. The molecule has 0 spiro atoms. The summed E-state index contributed by atoms with van der Waals surface area (Å²) in [4.78, 5) is 4.20. The van der Waals surface area contributed by atoms with Crippen molar-refractivity contribution in [3.05, 3.63) is 36.7 Å². The van der Waals surface area contributed by atoms with Gasteiger partial charge in [-0.15, -0.1) is 5.10 Å². The van der Waals surface area contributed by atoms with E-state index in [1.165, 1.54) is 0 Å². The monoisotopic (exact) mass is 260 g/mol. The van der Waals surface area contributed by atoms with E-state index in [0.717, 1.165) is 25.1 Å². The molecule has 1 heterocycles. The molecule has 0 radical (unpaired) electrons. The van der Waals surface area contributed by atoms with E-state index in [0.29, 0.717) is 6.01 Å². The SMILES string of the molecule is CCCC(CNC)Oc1ncn(-c2ccccc2)n1.